The molecule has 0 aromatic carbocycles. The summed E-state index contributed by atoms with van der Waals surface area (Å²) < 4.78 is 0. The lowest BCUT2D eigenvalue weighted by atomic mass is 10.2. The van der Waals surface area contributed by atoms with E-state index in [4.69, 9.17) is 12.2 Å². The van der Waals surface area contributed by atoms with Crippen LogP contribution >= 0.6 is 12.2 Å². The zero-order valence-corrected chi connectivity index (χ0v) is 10.1. The zero-order valence-electron chi connectivity index (χ0n) is 9.28. The maximum Gasteiger partial charge on any atom is 0.166 e. The second-order valence-electron chi connectivity index (χ2n) is 4.13. The van der Waals surface area contributed by atoms with E-state index in [1.165, 1.54) is 25.7 Å². The van der Waals surface area contributed by atoms with Crippen LogP contribution in [0.25, 0.3) is 0 Å². The Morgan fingerprint density at radius 1 is 1.38 bits per heavy atom. The second kappa shape index (κ2) is 5.80. The molecule has 4 heteroatoms. The van der Waals surface area contributed by atoms with Gasteiger partial charge in [0.2, 0.25) is 0 Å². The van der Waals surface area contributed by atoms with Crippen molar-refractivity contribution in [2.45, 2.75) is 38.3 Å². The Morgan fingerprint density at radius 2 is 2.19 bits per heavy atom. The van der Waals surface area contributed by atoms with Crippen molar-refractivity contribution < 1.29 is 0 Å². The Morgan fingerprint density at radius 3 is 2.88 bits per heavy atom. The lowest BCUT2D eigenvalue weighted by molar-refractivity contribution is 0.620. The van der Waals surface area contributed by atoms with Gasteiger partial charge in [-0.1, -0.05) is 18.9 Å². The van der Waals surface area contributed by atoms with Crippen LogP contribution in [-0.4, -0.2) is 16.1 Å². The van der Waals surface area contributed by atoms with Crippen LogP contribution in [0.1, 0.15) is 31.4 Å². The Balaban J connectivity index is 1.71. The van der Waals surface area contributed by atoms with E-state index in [0.29, 0.717) is 12.6 Å². The largest absolute Gasteiger partial charge is 0.360 e. The molecule has 0 saturated heterocycles. The van der Waals surface area contributed by atoms with E-state index in [-0.39, 0.29) is 0 Å². The number of nitrogens with zero attached hydrogens (tertiary/aromatic N) is 1. The summed E-state index contributed by atoms with van der Waals surface area (Å²) in [6, 6.07) is 6.46. The van der Waals surface area contributed by atoms with Crippen LogP contribution in [0.15, 0.2) is 24.4 Å². The van der Waals surface area contributed by atoms with E-state index in [1.54, 1.807) is 6.20 Å². The molecular formula is C12H17N3S. The number of pyridine rings is 1. The molecule has 86 valence electrons. The molecule has 1 saturated carbocycles. The summed E-state index contributed by atoms with van der Waals surface area (Å²) >= 11 is 5.24. The van der Waals surface area contributed by atoms with Gasteiger partial charge in [0.05, 0.1) is 12.2 Å². The Kier molecular flexibility index (Phi) is 4.10. The summed E-state index contributed by atoms with van der Waals surface area (Å²) in [4.78, 5) is 4.23. The predicted octanol–water partition coefficient (Wildman–Crippen LogP) is 1.99. The summed E-state index contributed by atoms with van der Waals surface area (Å²) in [5.41, 5.74) is 1.01. The van der Waals surface area contributed by atoms with Crippen molar-refractivity contribution in [2.24, 2.45) is 0 Å². The molecule has 1 aliphatic carbocycles. The van der Waals surface area contributed by atoms with E-state index in [2.05, 4.69) is 15.6 Å². The number of hydrogen-bond donors (Lipinski definition) is 2. The van der Waals surface area contributed by atoms with Gasteiger partial charge in [0.25, 0.3) is 0 Å². The average Bonchev–Trinajstić information content (AvgIpc) is 2.81. The van der Waals surface area contributed by atoms with E-state index < -0.39 is 0 Å². The predicted molar refractivity (Wildman–Crippen MR) is 69.1 cm³/mol. The highest BCUT2D eigenvalue weighted by molar-refractivity contribution is 7.80. The minimum absolute atomic E-state index is 0.573. The van der Waals surface area contributed by atoms with Crippen molar-refractivity contribution in [1.82, 2.24) is 15.6 Å². The van der Waals surface area contributed by atoms with Crippen LogP contribution in [0.4, 0.5) is 0 Å². The molecule has 3 nitrogen and oxygen atoms in total. The molecular weight excluding hydrogens is 218 g/mol. The normalized spacial score (nSPS) is 16.0. The second-order valence-corrected chi connectivity index (χ2v) is 4.54. The van der Waals surface area contributed by atoms with Crippen LogP contribution in [0.2, 0.25) is 0 Å². The van der Waals surface area contributed by atoms with Gasteiger partial charge < -0.3 is 10.6 Å². The molecule has 2 N–H and O–H groups in total. The highest BCUT2D eigenvalue weighted by Gasteiger charge is 2.15. The van der Waals surface area contributed by atoms with E-state index >= 15 is 0 Å². The summed E-state index contributed by atoms with van der Waals surface area (Å²) in [5.74, 6) is 0. The maximum atomic E-state index is 5.24. The van der Waals surface area contributed by atoms with Gasteiger partial charge in [-0.05, 0) is 37.2 Å². The summed E-state index contributed by atoms with van der Waals surface area (Å²) in [6.45, 7) is 0.694. The molecule has 1 aromatic heterocycles. The standard InChI is InChI=1S/C12H17N3S/c16-12(15-10-5-1-2-6-10)14-9-11-7-3-4-8-13-11/h3-4,7-8,10H,1-2,5-6,9H2,(H2,14,15,16). The molecule has 0 spiro atoms. The molecule has 1 aliphatic rings. The Hall–Kier alpha value is -1.16. The van der Waals surface area contributed by atoms with Crippen molar-refractivity contribution in [2.75, 3.05) is 0 Å². The van der Waals surface area contributed by atoms with Gasteiger partial charge in [-0.3, -0.25) is 4.98 Å². The fourth-order valence-corrected chi connectivity index (χ4v) is 2.22. The van der Waals surface area contributed by atoms with Crippen LogP contribution in [0.3, 0.4) is 0 Å². The third kappa shape index (κ3) is 3.45. The molecule has 1 aromatic rings. The van der Waals surface area contributed by atoms with Crippen molar-refractivity contribution in [3.8, 4) is 0 Å². The van der Waals surface area contributed by atoms with E-state index in [9.17, 15) is 0 Å². The highest BCUT2D eigenvalue weighted by atomic mass is 32.1. The number of thiocarbonyl (C=S) groups is 1. The van der Waals surface area contributed by atoms with Gasteiger partial charge in [0.15, 0.2) is 5.11 Å². The Bertz CT molecular complexity index is 333. The monoisotopic (exact) mass is 235 g/mol. The first-order chi connectivity index (χ1) is 7.84. The number of rotatable bonds is 3. The highest BCUT2D eigenvalue weighted by Crippen LogP contribution is 2.17. The molecule has 0 radical (unpaired) electrons. The molecule has 1 heterocycles. The topological polar surface area (TPSA) is 37.0 Å². The maximum absolute atomic E-state index is 5.24. The molecule has 1 fully saturated rings. The minimum Gasteiger partial charge on any atom is -0.360 e. The van der Waals surface area contributed by atoms with Gasteiger partial charge in [0, 0.05) is 12.2 Å². The molecule has 0 aliphatic heterocycles. The van der Waals surface area contributed by atoms with Crippen LogP contribution in [0, 0.1) is 0 Å². The van der Waals surface area contributed by atoms with Gasteiger partial charge in [-0.2, -0.15) is 0 Å². The summed E-state index contributed by atoms with van der Waals surface area (Å²) in [7, 11) is 0. The molecule has 16 heavy (non-hydrogen) atoms. The van der Waals surface area contributed by atoms with Gasteiger partial charge in [-0.15, -0.1) is 0 Å². The summed E-state index contributed by atoms with van der Waals surface area (Å²) in [6.07, 6.45) is 6.92. The average molecular weight is 235 g/mol. The minimum atomic E-state index is 0.573. The van der Waals surface area contributed by atoms with Gasteiger partial charge >= 0.3 is 0 Å². The first-order valence-electron chi connectivity index (χ1n) is 5.79. The first-order valence-corrected chi connectivity index (χ1v) is 6.20. The fourth-order valence-electron chi connectivity index (χ4n) is 1.98. The van der Waals surface area contributed by atoms with Crippen LogP contribution in [0.5, 0.6) is 0 Å². The fraction of sp³-hybridized carbons (Fsp3) is 0.500. The lowest BCUT2D eigenvalue weighted by Gasteiger charge is -2.15. The third-order valence-electron chi connectivity index (χ3n) is 2.85. The SMILES string of the molecule is S=C(NCc1ccccn1)NC1CCCC1. The van der Waals surface area contributed by atoms with Crippen LogP contribution in [-0.2, 0) is 6.54 Å². The quantitative estimate of drug-likeness (QED) is 0.786. The Labute approximate surface area is 102 Å². The van der Waals surface area contributed by atoms with Crippen molar-refractivity contribution in [3.05, 3.63) is 30.1 Å². The van der Waals surface area contributed by atoms with Crippen molar-refractivity contribution >= 4 is 17.3 Å². The van der Waals surface area contributed by atoms with Gasteiger partial charge in [-0.25, -0.2) is 0 Å². The molecule has 0 amide bonds. The molecule has 0 atom stereocenters. The van der Waals surface area contributed by atoms with E-state index in [1.807, 2.05) is 18.2 Å². The van der Waals surface area contributed by atoms with Crippen molar-refractivity contribution in [3.63, 3.8) is 0 Å². The number of nitrogens with one attached hydrogen (secondary N) is 2. The van der Waals surface area contributed by atoms with Gasteiger partial charge in [0.1, 0.15) is 0 Å². The molecule has 2 rings (SSSR count). The van der Waals surface area contributed by atoms with Crippen LogP contribution < -0.4 is 10.6 Å². The third-order valence-corrected chi connectivity index (χ3v) is 3.11. The number of aromatic nitrogens is 1. The zero-order chi connectivity index (χ0) is 11.2. The smallest absolute Gasteiger partial charge is 0.166 e. The number of hydrogen-bond acceptors (Lipinski definition) is 2. The lowest BCUT2D eigenvalue weighted by Crippen LogP contribution is -2.40. The van der Waals surface area contributed by atoms with E-state index in [0.717, 1.165) is 10.8 Å². The summed E-state index contributed by atoms with van der Waals surface area (Å²) in [5, 5.41) is 7.27. The molecule has 0 bridgehead atoms. The molecule has 0 unspecified atom stereocenters. The van der Waals surface area contributed by atoms with Crippen molar-refractivity contribution in [1.29, 1.82) is 0 Å². The first kappa shape index (κ1) is 11.3.